The van der Waals surface area contributed by atoms with Crippen molar-refractivity contribution in [2.45, 2.75) is 13.3 Å². The fraction of sp³-hybridized carbons (Fsp3) is 0.238. The molecule has 0 fully saturated rings. The number of benzene rings is 1. The first kappa shape index (κ1) is 20.2. The van der Waals surface area contributed by atoms with E-state index in [1.165, 1.54) is 19.5 Å². The normalized spacial score (nSPS) is 10.4. The van der Waals surface area contributed by atoms with Gasteiger partial charge in [0.2, 0.25) is 5.95 Å². The van der Waals surface area contributed by atoms with Gasteiger partial charge in [-0.15, -0.1) is 0 Å². The van der Waals surface area contributed by atoms with E-state index < -0.39 is 5.95 Å². The van der Waals surface area contributed by atoms with Gasteiger partial charge in [-0.25, -0.2) is 9.97 Å². The van der Waals surface area contributed by atoms with E-state index in [2.05, 4.69) is 20.3 Å². The molecule has 0 bridgehead atoms. The summed E-state index contributed by atoms with van der Waals surface area (Å²) in [6.07, 6.45) is 4.55. The summed E-state index contributed by atoms with van der Waals surface area (Å²) >= 11 is 0. The minimum Gasteiger partial charge on any atom is -0.495 e. The molecule has 3 rings (SSSR count). The first-order valence-electron chi connectivity index (χ1n) is 9.12. The number of pyridine rings is 1. The monoisotopic (exact) mass is 396 g/mol. The van der Waals surface area contributed by atoms with Crippen LogP contribution in [-0.4, -0.2) is 41.1 Å². The van der Waals surface area contributed by atoms with Gasteiger partial charge in [-0.05, 0) is 43.7 Å². The van der Waals surface area contributed by atoms with Crippen molar-refractivity contribution in [3.8, 4) is 22.8 Å². The summed E-state index contributed by atoms with van der Waals surface area (Å²) in [5, 5.41) is 2.72. The summed E-state index contributed by atoms with van der Waals surface area (Å²) in [5.74, 6) is 0.248. The lowest BCUT2D eigenvalue weighted by Crippen LogP contribution is -2.27. The van der Waals surface area contributed by atoms with Gasteiger partial charge in [-0.1, -0.05) is 0 Å². The van der Waals surface area contributed by atoms with Gasteiger partial charge in [-0.2, -0.15) is 4.39 Å². The van der Waals surface area contributed by atoms with Crippen molar-refractivity contribution in [1.29, 1.82) is 0 Å². The lowest BCUT2D eigenvalue weighted by atomic mass is 10.1. The topological polar surface area (TPSA) is 86.2 Å². The average molecular weight is 396 g/mol. The molecule has 0 atom stereocenters. The Bertz CT molecular complexity index is 980. The Morgan fingerprint density at radius 2 is 1.93 bits per heavy atom. The number of aromatic nitrogens is 3. The molecule has 29 heavy (non-hydrogen) atoms. The van der Waals surface area contributed by atoms with Crippen molar-refractivity contribution < 1.29 is 18.7 Å². The fourth-order valence-corrected chi connectivity index (χ4v) is 2.66. The highest BCUT2D eigenvalue weighted by atomic mass is 19.1. The molecule has 150 valence electrons. The SMILES string of the molecule is CCOc1ccc(-c2cncc(C(=O)NCCc3cc(OC)cnc3F)n2)cc1. The third-order valence-electron chi connectivity index (χ3n) is 4.13. The Morgan fingerprint density at radius 3 is 2.66 bits per heavy atom. The molecule has 8 heteroatoms. The lowest BCUT2D eigenvalue weighted by Gasteiger charge is -2.08. The van der Waals surface area contributed by atoms with E-state index in [1.807, 2.05) is 31.2 Å². The van der Waals surface area contributed by atoms with Gasteiger partial charge in [0.05, 0.1) is 38.0 Å². The van der Waals surface area contributed by atoms with Crippen LogP contribution >= 0.6 is 0 Å². The van der Waals surface area contributed by atoms with Crippen LogP contribution in [0.15, 0.2) is 48.9 Å². The second kappa shape index (κ2) is 9.59. The highest BCUT2D eigenvalue weighted by molar-refractivity contribution is 5.92. The first-order chi connectivity index (χ1) is 14.1. The summed E-state index contributed by atoms with van der Waals surface area (Å²) < 4.78 is 24.2. The molecule has 0 aliphatic rings. The second-order valence-electron chi connectivity index (χ2n) is 6.08. The smallest absolute Gasteiger partial charge is 0.271 e. The van der Waals surface area contributed by atoms with Crippen molar-refractivity contribution in [2.24, 2.45) is 0 Å². The van der Waals surface area contributed by atoms with E-state index in [0.717, 1.165) is 11.3 Å². The van der Waals surface area contributed by atoms with E-state index in [-0.39, 0.29) is 24.6 Å². The molecule has 0 aliphatic carbocycles. The molecule has 1 N–H and O–H groups in total. The maximum atomic E-state index is 13.8. The molecule has 3 aromatic rings. The number of carbonyl (C=O) groups excluding carboxylic acids is 1. The van der Waals surface area contributed by atoms with Crippen LogP contribution in [-0.2, 0) is 6.42 Å². The van der Waals surface area contributed by atoms with E-state index in [1.54, 1.807) is 12.3 Å². The van der Waals surface area contributed by atoms with Crippen molar-refractivity contribution >= 4 is 5.91 Å². The molecular formula is C21H21FN4O3. The average Bonchev–Trinajstić information content (AvgIpc) is 2.76. The molecule has 2 aromatic heterocycles. The maximum Gasteiger partial charge on any atom is 0.271 e. The Hall–Kier alpha value is -3.55. The van der Waals surface area contributed by atoms with Crippen molar-refractivity contribution in [1.82, 2.24) is 20.3 Å². The quantitative estimate of drug-likeness (QED) is 0.589. The van der Waals surface area contributed by atoms with Crippen molar-refractivity contribution in [2.75, 3.05) is 20.3 Å². The number of carbonyl (C=O) groups is 1. The first-order valence-corrected chi connectivity index (χ1v) is 9.12. The van der Waals surface area contributed by atoms with Crippen LogP contribution in [0.2, 0.25) is 0 Å². The molecule has 0 unspecified atom stereocenters. The number of methoxy groups -OCH3 is 1. The van der Waals surface area contributed by atoms with Crippen LogP contribution in [0.25, 0.3) is 11.3 Å². The number of nitrogens with one attached hydrogen (secondary N) is 1. The van der Waals surface area contributed by atoms with Crippen LogP contribution < -0.4 is 14.8 Å². The highest BCUT2D eigenvalue weighted by Crippen LogP contribution is 2.20. The van der Waals surface area contributed by atoms with Crippen molar-refractivity contribution in [3.05, 3.63) is 66.1 Å². The Balaban J connectivity index is 1.63. The molecule has 0 aliphatic heterocycles. The van der Waals surface area contributed by atoms with Crippen LogP contribution in [0.3, 0.4) is 0 Å². The molecule has 2 heterocycles. The predicted octanol–water partition coefficient (Wildman–Crippen LogP) is 3.06. The molecule has 1 aromatic carbocycles. The molecule has 1 amide bonds. The zero-order chi connectivity index (χ0) is 20.6. The van der Waals surface area contributed by atoms with Crippen molar-refractivity contribution in [3.63, 3.8) is 0 Å². The summed E-state index contributed by atoms with van der Waals surface area (Å²) in [6, 6.07) is 8.94. The van der Waals surface area contributed by atoms with Crippen LogP contribution in [0.5, 0.6) is 11.5 Å². The van der Waals surface area contributed by atoms with Gasteiger partial charge in [0.25, 0.3) is 5.91 Å². The van der Waals surface area contributed by atoms with Gasteiger partial charge in [-0.3, -0.25) is 9.78 Å². The van der Waals surface area contributed by atoms with Crippen LogP contribution in [0.4, 0.5) is 4.39 Å². The molecule has 0 spiro atoms. The van der Waals surface area contributed by atoms with Crippen LogP contribution in [0.1, 0.15) is 23.0 Å². The molecule has 0 saturated heterocycles. The summed E-state index contributed by atoms with van der Waals surface area (Å²) in [6.45, 7) is 2.73. The lowest BCUT2D eigenvalue weighted by molar-refractivity contribution is 0.0948. The summed E-state index contributed by atoms with van der Waals surface area (Å²) in [7, 11) is 1.48. The van der Waals surface area contributed by atoms with E-state index >= 15 is 0 Å². The Labute approximate surface area is 167 Å². The molecule has 0 radical (unpaired) electrons. The third-order valence-corrected chi connectivity index (χ3v) is 4.13. The van der Waals surface area contributed by atoms with Gasteiger partial charge < -0.3 is 14.8 Å². The van der Waals surface area contributed by atoms with Gasteiger partial charge in [0.1, 0.15) is 17.2 Å². The minimum absolute atomic E-state index is 0.181. The summed E-state index contributed by atoms with van der Waals surface area (Å²) in [4.78, 5) is 24.5. The highest BCUT2D eigenvalue weighted by Gasteiger charge is 2.11. The van der Waals surface area contributed by atoms with E-state index in [9.17, 15) is 9.18 Å². The maximum absolute atomic E-state index is 13.8. The molecule has 7 nitrogen and oxygen atoms in total. The predicted molar refractivity (Wildman–Crippen MR) is 105 cm³/mol. The zero-order valence-electron chi connectivity index (χ0n) is 16.2. The zero-order valence-corrected chi connectivity index (χ0v) is 16.2. The number of halogens is 1. The van der Waals surface area contributed by atoms with Gasteiger partial charge in [0, 0.05) is 17.7 Å². The Kier molecular flexibility index (Phi) is 6.67. The number of ether oxygens (including phenoxy) is 2. The standard InChI is InChI=1S/C21H21FN4O3/c1-3-29-16-6-4-14(5-7-16)18-12-23-13-19(26-18)21(27)24-9-8-15-10-17(28-2)11-25-20(15)22/h4-7,10-13H,3,8-9H2,1-2H3,(H,24,27). The van der Waals surface area contributed by atoms with Gasteiger partial charge >= 0.3 is 0 Å². The fourth-order valence-electron chi connectivity index (χ4n) is 2.66. The Morgan fingerprint density at radius 1 is 1.14 bits per heavy atom. The number of hydrogen-bond donors (Lipinski definition) is 1. The number of rotatable bonds is 8. The number of nitrogens with zero attached hydrogens (tertiary/aromatic N) is 3. The summed E-state index contributed by atoms with van der Waals surface area (Å²) in [5.41, 5.74) is 1.93. The van der Waals surface area contributed by atoms with Crippen LogP contribution in [0, 0.1) is 5.95 Å². The largest absolute Gasteiger partial charge is 0.495 e. The minimum atomic E-state index is -0.586. The number of hydrogen-bond acceptors (Lipinski definition) is 6. The molecular weight excluding hydrogens is 375 g/mol. The molecule has 0 saturated carbocycles. The van der Waals surface area contributed by atoms with Gasteiger partial charge in [0.15, 0.2) is 0 Å². The van der Waals surface area contributed by atoms with E-state index in [4.69, 9.17) is 9.47 Å². The third kappa shape index (κ3) is 5.25. The number of amides is 1. The second-order valence-corrected chi connectivity index (χ2v) is 6.08. The van der Waals surface area contributed by atoms with E-state index in [0.29, 0.717) is 23.6 Å².